The minimum Gasteiger partial charge on any atom is -0.458 e. The quantitative estimate of drug-likeness (QED) is 0.251. The normalized spacial score (nSPS) is 19.7. The van der Waals surface area contributed by atoms with Crippen LogP contribution in [0.15, 0.2) is 18.2 Å². The molecule has 1 saturated carbocycles. The first kappa shape index (κ1) is 36.6. The van der Waals surface area contributed by atoms with Gasteiger partial charge in [-0.2, -0.15) is 5.26 Å². The molecule has 13 nitrogen and oxygen atoms in total. The Balaban J connectivity index is 1.61. The number of nitrogens with zero attached hydrogens (tertiary/aromatic N) is 5. The van der Waals surface area contributed by atoms with E-state index in [-0.39, 0.29) is 70.6 Å². The molecular formula is C33H40Cl2N6O7. The van der Waals surface area contributed by atoms with E-state index in [1.165, 1.54) is 28.3 Å². The number of rotatable bonds is 10. The predicted octanol–water partition coefficient (Wildman–Crippen LogP) is 5.97. The molecule has 3 unspecified atom stereocenters. The zero-order chi connectivity index (χ0) is 35.4. The maximum Gasteiger partial charge on any atom is 0.416 e. The number of aromatic amines is 1. The predicted molar refractivity (Wildman–Crippen MR) is 178 cm³/mol. The molecule has 0 spiro atoms. The van der Waals surface area contributed by atoms with Gasteiger partial charge in [0, 0.05) is 39.7 Å². The number of hydrogen-bond donors (Lipinski definition) is 1. The fraction of sp³-hybridized carbons (Fsp3) is 0.515. The van der Waals surface area contributed by atoms with Gasteiger partial charge in [-0.3, -0.25) is 14.7 Å². The zero-order valence-electron chi connectivity index (χ0n) is 28.0. The molecule has 1 fully saturated rings. The smallest absolute Gasteiger partial charge is 0.416 e. The number of halogens is 2. The van der Waals surface area contributed by atoms with E-state index in [0.29, 0.717) is 16.5 Å². The van der Waals surface area contributed by atoms with E-state index >= 15 is 0 Å². The first-order valence-electron chi connectivity index (χ1n) is 15.7. The molecule has 1 aromatic carbocycles. The molecule has 4 rings (SSSR count). The fourth-order valence-corrected chi connectivity index (χ4v) is 6.44. The minimum absolute atomic E-state index is 0.0403. The van der Waals surface area contributed by atoms with Gasteiger partial charge in [-0.15, -0.1) is 0 Å². The van der Waals surface area contributed by atoms with Crippen molar-refractivity contribution in [3.63, 3.8) is 0 Å². The highest BCUT2D eigenvalue weighted by Crippen LogP contribution is 2.38. The topological polar surface area (TPSA) is 159 Å². The number of aromatic nitrogens is 3. The van der Waals surface area contributed by atoms with Gasteiger partial charge in [0.25, 0.3) is 5.91 Å². The van der Waals surface area contributed by atoms with Crippen molar-refractivity contribution in [1.29, 1.82) is 5.26 Å². The van der Waals surface area contributed by atoms with Crippen LogP contribution in [-0.4, -0.2) is 88.2 Å². The summed E-state index contributed by atoms with van der Waals surface area (Å²) in [6, 6.07) is 6.88. The van der Waals surface area contributed by atoms with Crippen LogP contribution in [0.25, 0.3) is 17.0 Å². The van der Waals surface area contributed by atoms with E-state index in [1.54, 1.807) is 32.3 Å². The van der Waals surface area contributed by atoms with Gasteiger partial charge >= 0.3 is 18.0 Å². The number of ether oxygens (including phenoxy) is 3. The molecule has 2 aromatic heterocycles. The summed E-state index contributed by atoms with van der Waals surface area (Å²) in [6.07, 6.45) is -0.302. The van der Waals surface area contributed by atoms with Crippen LogP contribution in [-0.2, 0) is 19.1 Å². The summed E-state index contributed by atoms with van der Waals surface area (Å²) in [4.78, 5) is 58.5. The van der Waals surface area contributed by atoms with Gasteiger partial charge < -0.3 is 24.0 Å². The second kappa shape index (κ2) is 15.3. The molecule has 0 radical (unpaired) electrons. The van der Waals surface area contributed by atoms with Crippen molar-refractivity contribution < 1.29 is 33.4 Å². The van der Waals surface area contributed by atoms with Crippen molar-refractivity contribution in [2.75, 3.05) is 27.7 Å². The maximum absolute atomic E-state index is 13.8. The molecule has 0 aliphatic heterocycles. The van der Waals surface area contributed by atoms with Gasteiger partial charge in [0.2, 0.25) is 5.88 Å². The van der Waals surface area contributed by atoms with Crippen molar-refractivity contribution in [3.05, 3.63) is 39.4 Å². The molecule has 1 aliphatic rings. The van der Waals surface area contributed by atoms with Crippen molar-refractivity contribution >= 4 is 52.8 Å². The molecule has 2 amide bonds. The van der Waals surface area contributed by atoms with Gasteiger partial charge in [0.05, 0.1) is 10.0 Å². The van der Waals surface area contributed by atoms with Crippen molar-refractivity contribution in [1.82, 2.24) is 24.4 Å². The van der Waals surface area contributed by atoms with Gasteiger partial charge in [-0.25, -0.2) is 19.1 Å². The van der Waals surface area contributed by atoms with Crippen LogP contribution in [0, 0.1) is 29.1 Å². The van der Waals surface area contributed by atoms with E-state index in [4.69, 9.17) is 37.4 Å². The number of carbonyl (C=O) groups is 4. The Morgan fingerprint density at radius 3 is 2.38 bits per heavy atom. The molecule has 1 N–H and O–H groups in total. The largest absolute Gasteiger partial charge is 0.458 e. The molecule has 0 bridgehead atoms. The number of likely N-dealkylation sites (N-methyl/N-ethyl adjacent to an activating group) is 1. The molecule has 1 aliphatic carbocycles. The Bertz CT molecular complexity index is 1730. The standard InChI is InChI=1S/C33H40Cl2N6O7/c1-17-13-18(2)27(19(3)14-17)47-32(44)26-22(16-36)29-37-28(21-10-11-23(34)24(35)15-21)38-41(29)31(26)48-33(45)40(7)12-8-9-25(42)46-20(4)30(43)39(5)6/h10-11,15,17-20,27H,8-9,12-14H2,1-7H3,(H,37,38). The third-order valence-electron chi connectivity index (χ3n) is 8.43. The van der Waals surface area contributed by atoms with Crippen LogP contribution in [0.5, 0.6) is 5.88 Å². The van der Waals surface area contributed by atoms with Crippen molar-refractivity contribution in [2.45, 2.75) is 65.6 Å². The Kier molecular flexibility index (Phi) is 11.6. The van der Waals surface area contributed by atoms with E-state index in [2.05, 4.69) is 17.0 Å². The Morgan fingerprint density at radius 2 is 1.77 bits per heavy atom. The zero-order valence-corrected chi connectivity index (χ0v) is 29.5. The summed E-state index contributed by atoms with van der Waals surface area (Å²) in [7, 11) is 4.58. The lowest BCUT2D eigenvalue weighted by molar-refractivity contribution is -0.158. The maximum atomic E-state index is 13.8. The van der Waals surface area contributed by atoms with Gasteiger partial charge in [-0.1, -0.05) is 44.0 Å². The Hall–Kier alpha value is -4.28. The Morgan fingerprint density at radius 1 is 1.10 bits per heavy atom. The first-order chi connectivity index (χ1) is 22.6. The minimum atomic E-state index is -0.939. The molecule has 15 heteroatoms. The number of esters is 2. The number of nitriles is 1. The number of nitrogens with one attached hydrogen (secondary N) is 1. The SMILES string of the molecule is CC1CC(C)C(OC(=O)c2c(C#N)c3nc(-c4ccc(Cl)c(Cl)c4)[nH]n3c2OC(=O)N(C)CCCC(=O)OC(C)C(=O)N(C)C)C(C)C1. The summed E-state index contributed by atoms with van der Waals surface area (Å²) in [5, 5.41) is 13.9. The van der Waals surface area contributed by atoms with Gasteiger partial charge in [0.1, 0.15) is 23.3 Å². The summed E-state index contributed by atoms with van der Waals surface area (Å²) in [5.41, 5.74) is 0.197. The number of H-pyrrole nitrogens is 1. The number of amides is 2. The van der Waals surface area contributed by atoms with Crippen LogP contribution in [0.3, 0.4) is 0 Å². The third-order valence-corrected chi connectivity index (χ3v) is 9.17. The number of benzene rings is 1. The molecule has 258 valence electrons. The molecule has 48 heavy (non-hydrogen) atoms. The van der Waals surface area contributed by atoms with Gasteiger partial charge in [0.15, 0.2) is 17.6 Å². The van der Waals surface area contributed by atoms with E-state index in [1.807, 2.05) is 19.9 Å². The van der Waals surface area contributed by atoms with Crippen LogP contribution < -0.4 is 4.74 Å². The molecule has 3 atom stereocenters. The second-order valence-electron chi connectivity index (χ2n) is 12.7. The first-order valence-corrected chi connectivity index (χ1v) is 16.4. The van der Waals surface area contributed by atoms with Gasteiger partial charge in [-0.05, 0) is 62.1 Å². The van der Waals surface area contributed by atoms with Crippen LogP contribution in [0.2, 0.25) is 10.0 Å². The van der Waals surface area contributed by atoms with E-state index in [9.17, 15) is 24.4 Å². The average molecular weight is 704 g/mol. The van der Waals surface area contributed by atoms with E-state index in [0.717, 1.165) is 12.8 Å². The number of carbonyl (C=O) groups excluding carboxylic acids is 4. The lowest BCUT2D eigenvalue weighted by Gasteiger charge is -2.37. The average Bonchev–Trinajstić information content (AvgIpc) is 3.57. The molecule has 3 aromatic rings. The monoisotopic (exact) mass is 702 g/mol. The lowest BCUT2D eigenvalue weighted by atomic mass is 9.75. The highest BCUT2D eigenvalue weighted by molar-refractivity contribution is 6.42. The molecule has 0 saturated heterocycles. The second-order valence-corrected chi connectivity index (χ2v) is 13.5. The summed E-state index contributed by atoms with van der Waals surface area (Å²) in [6.45, 7) is 7.78. The third kappa shape index (κ3) is 8.05. The number of hydrogen-bond acceptors (Lipinski definition) is 9. The summed E-state index contributed by atoms with van der Waals surface area (Å²) in [5.74, 6) is -1.11. The van der Waals surface area contributed by atoms with Crippen molar-refractivity contribution in [3.8, 4) is 23.3 Å². The highest BCUT2D eigenvalue weighted by atomic mass is 35.5. The van der Waals surface area contributed by atoms with Crippen LogP contribution in [0.1, 0.15) is 69.3 Å². The van der Waals surface area contributed by atoms with Crippen molar-refractivity contribution in [2.24, 2.45) is 17.8 Å². The summed E-state index contributed by atoms with van der Waals surface area (Å²) >= 11 is 12.3. The fourth-order valence-electron chi connectivity index (χ4n) is 6.14. The van der Waals surface area contributed by atoms with Crippen LogP contribution in [0.4, 0.5) is 4.79 Å². The molecular weight excluding hydrogens is 663 g/mol. The Labute approximate surface area is 289 Å². The highest BCUT2D eigenvalue weighted by Gasteiger charge is 2.38. The van der Waals surface area contributed by atoms with E-state index < -0.39 is 30.2 Å². The summed E-state index contributed by atoms with van der Waals surface area (Å²) < 4.78 is 18.2. The van der Waals surface area contributed by atoms with Crippen LogP contribution >= 0.6 is 23.2 Å². The number of fused-ring (bicyclic) bond motifs is 1. The lowest BCUT2D eigenvalue weighted by Crippen LogP contribution is -2.37. The molecule has 2 heterocycles.